The van der Waals surface area contributed by atoms with Gasteiger partial charge in [0.15, 0.2) is 0 Å². The van der Waals surface area contributed by atoms with E-state index in [0.717, 1.165) is 12.8 Å². The van der Waals surface area contributed by atoms with Crippen molar-refractivity contribution < 1.29 is 54.1 Å². The number of aliphatic hydroxyl groups excluding tert-OH is 1. The number of hydrogen-bond donors (Lipinski definition) is 1. The zero-order valence-corrected chi connectivity index (χ0v) is 14.9. The Bertz CT molecular complexity index is 489. The Morgan fingerprint density at radius 2 is 2.33 bits per heavy atom. The predicted molar refractivity (Wildman–Crippen MR) is 69.0 cm³/mol. The number of aliphatic carboxylic acids is 1. The topological polar surface area (TPSA) is 89.9 Å². The summed E-state index contributed by atoms with van der Waals surface area (Å²) in [6, 6.07) is 0. The SMILES string of the molecule is C[C@@H](O)[C@H]1C(=O)N2C(C(=O)[O-])=C(CC3CCCO3)S[C@H]12.[Na+]. The Balaban J connectivity index is 0.00000161. The van der Waals surface area contributed by atoms with Gasteiger partial charge in [0.25, 0.3) is 0 Å². The first-order valence-corrected chi connectivity index (χ1v) is 7.62. The molecule has 21 heavy (non-hydrogen) atoms. The molecule has 2 saturated heterocycles. The standard InChI is InChI=1S/C13H17NO5S.Na/c1-6(15)9-11(16)14-10(13(17)18)8(20-12(9)14)5-7-3-2-4-19-7;/h6-7,9,12,15H,2-5H2,1H3,(H,17,18);/q;+1/p-1/t6-,7?,9+,12-;/m1./s1. The number of carbonyl (C=O) groups excluding carboxylic acids is 2. The third-order valence-electron chi connectivity index (χ3n) is 4.00. The van der Waals surface area contributed by atoms with Crippen molar-refractivity contribution in [3.63, 3.8) is 0 Å². The molecule has 0 spiro atoms. The zero-order valence-electron chi connectivity index (χ0n) is 12.1. The van der Waals surface area contributed by atoms with Crippen molar-refractivity contribution in [3.8, 4) is 0 Å². The van der Waals surface area contributed by atoms with Crippen LogP contribution in [0.5, 0.6) is 0 Å². The van der Waals surface area contributed by atoms with Crippen LogP contribution in [0.15, 0.2) is 10.6 Å². The Morgan fingerprint density at radius 3 is 2.86 bits per heavy atom. The molecule has 1 amide bonds. The fraction of sp³-hybridized carbons (Fsp3) is 0.692. The third kappa shape index (κ3) is 2.92. The van der Waals surface area contributed by atoms with E-state index in [1.54, 1.807) is 6.92 Å². The molecule has 0 aromatic rings. The maximum absolute atomic E-state index is 12.0. The van der Waals surface area contributed by atoms with Crippen LogP contribution in [0.2, 0.25) is 0 Å². The second kappa shape index (κ2) is 6.60. The molecule has 3 aliphatic heterocycles. The van der Waals surface area contributed by atoms with Crippen LogP contribution in [0.4, 0.5) is 0 Å². The van der Waals surface area contributed by atoms with E-state index in [-0.39, 0.29) is 52.6 Å². The molecule has 0 aromatic carbocycles. The number of thioether (sulfide) groups is 1. The van der Waals surface area contributed by atoms with E-state index < -0.39 is 18.0 Å². The van der Waals surface area contributed by atoms with Gasteiger partial charge in [-0.3, -0.25) is 9.69 Å². The van der Waals surface area contributed by atoms with Crippen molar-refractivity contribution in [1.82, 2.24) is 4.90 Å². The van der Waals surface area contributed by atoms with Crippen LogP contribution in [0.3, 0.4) is 0 Å². The molecule has 3 rings (SSSR count). The number of carbonyl (C=O) groups is 2. The van der Waals surface area contributed by atoms with Crippen LogP contribution in [0, 0.1) is 5.92 Å². The van der Waals surface area contributed by atoms with Gasteiger partial charge in [-0.05, 0) is 19.8 Å². The van der Waals surface area contributed by atoms with Crippen LogP contribution in [0.25, 0.3) is 0 Å². The molecule has 0 radical (unpaired) electrons. The van der Waals surface area contributed by atoms with Crippen molar-refractivity contribution in [2.75, 3.05) is 6.61 Å². The average molecular weight is 321 g/mol. The van der Waals surface area contributed by atoms with Gasteiger partial charge in [-0.15, -0.1) is 11.8 Å². The van der Waals surface area contributed by atoms with Gasteiger partial charge in [-0.1, -0.05) is 0 Å². The van der Waals surface area contributed by atoms with Gasteiger partial charge >= 0.3 is 29.6 Å². The summed E-state index contributed by atoms with van der Waals surface area (Å²) < 4.78 is 5.52. The summed E-state index contributed by atoms with van der Waals surface area (Å²) in [6.45, 7) is 2.25. The number of carboxylic acid groups (broad SMARTS) is 1. The van der Waals surface area contributed by atoms with E-state index >= 15 is 0 Å². The molecule has 3 heterocycles. The molecule has 0 aromatic heterocycles. The maximum atomic E-state index is 12.0. The van der Waals surface area contributed by atoms with Crippen molar-refractivity contribution >= 4 is 23.6 Å². The number of fused-ring (bicyclic) bond motifs is 1. The summed E-state index contributed by atoms with van der Waals surface area (Å²) in [6.07, 6.45) is 1.63. The van der Waals surface area contributed by atoms with Gasteiger partial charge in [0.2, 0.25) is 5.91 Å². The molecular formula is C13H16NNaO5S. The van der Waals surface area contributed by atoms with Crippen LogP contribution in [-0.2, 0) is 14.3 Å². The first-order chi connectivity index (χ1) is 9.50. The molecule has 8 heteroatoms. The molecular weight excluding hydrogens is 305 g/mol. The molecule has 1 unspecified atom stereocenters. The molecule has 6 nitrogen and oxygen atoms in total. The number of amides is 1. The first-order valence-electron chi connectivity index (χ1n) is 6.74. The number of hydrogen-bond acceptors (Lipinski definition) is 6. The molecule has 0 aliphatic carbocycles. The van der Waals surface area contributed by atoms with E-state index in [1.807, 2.05) is 0 Å². The minimum absolute atomic E-state index is 0. The van der Waals surface area contributed by atoms with Crippen molar-refractivity contribution in [2.24, 2.45) is 5.92 Å². The largest absolute Gasteiger partial charge is 1.00 e. The number of β-lactam (4-membered cyclic amide) rings is 1. The Kier molecular flexibility index (Phi) is 5.44. The van der Waals surface area contributed by atoms with Gasteiger partial charge in [0, 0.05) is 17.9 Å². The summed E-state index contributed by atoms with van der Waals surface area (Å²) in [5.41, 5.74) is -0.0302. The normalized spacial score (nSPS) is 32.6. The van der Waals surface area contributed by atoms with Gasteiger partial charge in [-0.25, -0.2) is 0 Å². The number of rotatable bonds is 4. The summed E-state index contributed by atoms with van der Waals surface area (Å²) >= 11 is 1.35. The Labute approximate surface area is 149 Å². The minimum Gasteiger partial charge on any atom is -0.543 e. The maximum Gasteiger partial charge on any atom is 1.00 e. The van der Waals surface area contributed by atoms with Gasteiger partial charge in [-0.2, -0.15) is 0 Å². The molecule has 4 atom stereocenters. The molecule has 1 N–H and O–H groups in total. The van der Waals surface area contributed by atoms with Crippen LogP contribution in [-0.4, -0.2) is 46.1 Å². The van der Waals surface area contributed by atoms with Crippen molar-refractivity contribution in [2.45, 2.75) is 43.8 Å². The summed E-state index contributed by atoms with van der Waals surface area (Å²) in [7, 11) is 0. The smallest absolute Gasteiger partial charge is 0.543 e. The Hall–Kier alpha value is -0.0500. The fourth-order valence-corrected chi connectivity index (χ4v) is 4.67. The van der Waals surface area contributed by atoms with E-state index in [9.17, 15) is 19.8 Å². The monoisotopic (exact) mass is 321 g/mol. The molecule has 0 bridgehead atoms. The molecule has 2 fully saturated rings. The molecule has 110 valence electrons. The minimum atomic E-state index is -1.33. The van der Waals surface area contributed by atoms with Gasteiger partial charge in [0.1, 0.15) is 5.37 Å². The number of ether oxygens (including phenoxy) is 1. The molecule has 0 saturated carbocycles. The quantitative estimate of drug-likeness (QED) is 0.426. The Morgan fingerprint density at radius 1 is 1.62 bits per heavy atom. The predicted octanol–water partition coefficient (Wildman–Crippen LogP) is -3.57. The van der Waals surface area contributed by atoms with E-state index in [1.165, 1.54) is 16.7 Å². The average Bonchev–Trinajstić information content (AvgIpc) is 2.95. The van der Waals surface area contributed by atoms with Crippen LogP contribution < -0.4 is 34.7 Å². The van der Waals surface area contributed by atoms with E-state index in [0.29, 0.717) is 17.9 Å². The second-order valence-electron chi connectivity index (χ2n) is 5.38. The number of nitrogens with zero attached hydrogens (tertiary/aromatic N) is 1. The molecule has 3 aliphatic rings. The fourth-order valence-electron chi connectivity index (χ4n) is 3.00. The van der Waals surface area contributed by atoms with Gasteiger partial charge in [0.05, 0.1) is 29.8 Å². The number of carboxylic acids is 1. The van der Waals surface area contributed by atoms with Crippen LogP contribution >= 0.6 is 11.8 Å². The van der Waals surface area contributed by atoms with E-state index in [2.05, 4.69) is 0 Å². The zero-order chi connectivity index (χ0) is 14.4. The second-order valence-corrected chi connectivity index (χ2v) is 6.59. The van der Waals surface area contributed by atoms with E-state index in [4.69, 9.17) is 4.74 Å². The number of aliphatic hydroxyl groups is 1. The summed E-state index contributed by atoms with van der Waals surface area (Å²) in [4.78, 5) is 25.2. The summed E-state index contributed by atoms with van der Waals surface area (Å²) in [5.74, 6) is -2.19. The third-order valence-corrected chi connectivity index (χ3v) is 5.39. The first kappa shape index (κ1) is 17.3. The van der Waals surface area contributed by atoms with Crippen molar-refractivity contribution in [3.05, 3.63) is 10.6 Å². The van der Waals surface area contributed by atoms with Crippen molar-refractivity contribution in [1.29, 1.82) is 0 Å². The summed E-state index contributed by atoms with van der Waals surface area (Å²) in [5, 5.41) is 20.6. The van der Waals surface area contributed by atoms with Gasteiger partial charge < -0.3 is 19.7 Å². The van der Waals surface area contributed by atoms with Crippen LogP contribution in [0.1, 0.15) is 26.2 Å².